The van der Waals surface area contributed by atoms with Crippen LogP contribution in [0.5, 0.6) is 0 Å². The molecule has 0 spiro atoms. The van der Waals surface area contributed by atoms with Crippen molar-refractivity contribution in [2.75, 3.05) is 10.6 Å². The topological polar surface area (TPSA) is 58.2 Å². The van der Waals surface area contributed by atoms with Gasteiger partial charge in [0.05, 0.1) is 5.69 Å². The molecule has 0 heterocycles. The minimum atomic E-state index is -1.20. The third kappa shape index (κ3) is 3.82. The maximum absolute atomic E-state index is 13.3. The summed E-state index contributed by atoms with van der Waals surface area (Å²) in [5, 5.41) is 4.06. The highest BCUT2D eigenvalue weighted by atomic mass is 19.1. The van der Waals surface area contributed by atoms with Crippen molar-refractivity contribution in [3.63, 3.8) is 0 Å². The zero-order chi connectivity index (χ0) is 15.4. The molecular weight excluding hydrogens is 285 g/mol. The van der Waals surface area contributed by atoms with Crippen LogP contribution in [0.4, 0.5) is 24.5 Å². The Morgan fingerprint density at radius 3 is 2.19 bits per heavy atom. The minimum absolute atomic E-state index is 0.0647. The van der Waals surface area contributed by atoms with Crippen molar-refractivity contribution in [2.45, 2.75) is 0 Å². The first-order valence-corrected chi connectivity index (χ1v) is 5.78. The van der Waals surface area contributed by atoms with Gasteiger partial charge in [0.2, 0.25) is 0 Å². The summed E-state index contributed by atoms with van der Waals surface area (Å²) in [7, 11) is 0. The van der Waals surface area contributed by atoms with Gasteiger partial charge >= 0.3 is 11.8 Å². The van der Waals surface area contributed by atoms with E-state index in [2.05, 4.69) is 5.32 Å². The molecule has 0 aliphatic rings. The fourth-order valence-electron chi connectivity index (χ4n) is 1.53. The first-order chi connectivity index (χ1) is 9.95. The maximum Gasteiger partial charge on any atom is 0.314 e. The Balaban J connectivity index is 2.06. The summed E-state index contributed by atoms with van der Waals surface area (Å²) < 4.78 is 39.2. The SMILES string of the molecule is O=C(Nc1cccc(F)c1)C(=O)Nc1cc(F)ccc1F. The Morgan fingerprint density at radius 2 is 1.48 bits per heavy atom. The summed E-state index contributed by atoms with van der Waals surface area (Å²) in [4.78, 5) is 23.1. The molecule has 21 heavy (non-hydrogen) atoms. The van der Waals surface area contributed by atoms with Gasteiger partial charge in [-0.1, -0.05) is 6.07 Å². The van der Waals surface area contributed by atoms with E-state index in [0.717, 1.165) is 30.3 Å². The lowest BCUT2D eigenvalue weighted by molar-refractivity contribution is -0.133. The average molecular weight is 294 g/mol. The molecule has 2 rings (SSSR count). The fraction of sp³-hybridized carbons (Fsp3) is 0. The van der Waals surface area contributed by atoms with Gasteiger partial charge in [0.1, 0.15) is 17.5 Å². The molecule has 0 saturated carbocycles. The van der Waals surface area contributed by atoms with Crippen LogP contribution in [0, 0.1) is 17.5 Å². The number of halogens is 3. The lowest BCUT2D eigenvalue weighted by atomic mass is 10.3. The number of anilines is 2. The molecule has 0 aliphatic heterocycles. The number of nitrogens with one attached hydrogen (secondary N) is 2. The van der Waals surface area contributed by atoms with Crippen molar-refractivity contribution in [1.29, 1.82) is 0 Å². The highest BCUT2D eigenvalue weighted by Crippen LogP contribution is 2.15. The van der Waals surface area contributed by atoms with E-state index in [1.54, 1.807) is 0 Å². The largest absolute Gasteiger partial charge is 0.318 e. The zero-order valence-electron chi connectivity index (χ0n) is 10.5. The van der Waals surface area contributed by atoms with E-state index >= 15 is 0 Å². The second-order valence-corrected chi connectivity index (χ2v) is 4.04. The van der Waals surface area contributed by atoms with Gasteiger partial charge in [0, 0.05) is 11.8 Å². The van der Waals surface area contributed by atoms with E-state index in [1.165, 1.54) is 12.1 Å². The molecule has 0 saturated heterocycles. The van der Waals surface area contributed by atoms with E-state index in [9.17, 15) is 22.8 Å². The van der Waals surface area contributed by atoms with Gasteiger partial charge in [-0.15, -0.1) is 0 Å². The quantitative estimate of drug-likeness (QED) is 0.837. The highest BCUT2D eigenvalue weighted by Gasteiger charge is 2.16. The van der Waals surface area contributed by atoms with Crippen LogP contribution < -0.4 is 10.6 Å². The molecule has 0 aliphatic carbocycles. The van der Waals surface area contributed by atoms with Crippen LogP contribution >= 0.6 is 0 Å². The van der Waals surface area contributed by atoms with Crippen molar-refractivity contribution in [1.82, 2.24) is 0 Å². The molecule has 0 aromatic heterocycles. The van der Waals surface area contributed by atoms with Gasteiger partial charge < -0.3 is 10.6 Å². The molecule has 0 unspecified atom stereocenters. The van der Waals surface area contributed by atoms with E-state index in [-0.39, 0.29) is 5.69 Å². The second-order valence-electron chi connectivity index (χ2n) is 4.04. The summed E-state index contributed by atoms with van der Waals surface area (Å²) >= 11 is 0. The number of hydrogen-bond donors (Lipinski definition) is 2. The van der Waals surface area contributed by atoms with E-state index in [0.29, 0.717) is 0 Å². The normalized spacial score (nSPS) is 10.0. The first kappa shape index (κ1) is 14.6. The third-order valence-corrected chi connectivity index (χ3v) is 2.47. The summed E-state index contributed by atoms with van der Waals surface area (Å²) in [6.45, 7) is 0. The number of carbonyl (C=O) groups is 2. The van der Waals surface area contributed by atoms with Crippen molar-refractivity contribution in [3.05, 3.63) is 59.9 Å². The van der Waals surface area contributed by atoms with Crippen LogP contribution in [0.1, 0.15) is 0 Å². The predicted molar refractivity (Wildman–Crippen MR) is 70.0 cm³/mol. The monoisotopic (exact) mass is 294 g/mol. The Hall–Kier alpha value is -2.83. The van der Waals surface area contributed by atoms with Crippen LogP contribution in [0.15, 0.2) is 42.5 Å². The van der Waals surface area contributed by atoms with Gasteiger partial charge in [0.15, 0.2) is 0 Å². The zero-order valence-corrected chi connectivity index (χ0v) is 10.5. The molecule has 2 aromatic rings. The molecule has 108 valence electrons. The second kappa shape index (κ2) is 6.08. The maximum atomic E-state index is 13.3. The van der Waals surface area contributed by atoms with Crippen LogP contribution in [-0.2, 0) is 9.59 Å². The van der Waals surface area contributed by atoms with Crippen molar-refractivity contribution in [3.8, 4) is 0 Å². The summed E-state index contributed by atoms with van der Waals surface area (Å²) in [6.07, 6.45) is 0. The van der Waals surface area contributed by atoms with Crippen LogP contribution in [0.25, 0.3) is 0 Å². The number of benzene rings is 2. The van der Waals surface area contributed by atoms with E-state index < -0.39 is 35.0 Å². The first-order valence-electron chi connectivity index (χ1n) is 5.78. The van der Waals surface area contributed by atoms with Gasteiger partial charge in [-0.05, 0) is 30.3 Å². The molecule has 7 heteroatoms. The number of hydrogen-bond acceptors (Lipinski definition) is 2. The summed E-state index contributed by atoms with van der Waals surface area (Å²) in [6, 6.07) is 7.31. The number of rotatable bonds is 2. The molecule has 2 N–H and O–H groups in total. The van der Waals surface area contributed by atoms with Crippen LogP contribution in [0.2, 0.25) is 0 Å². The van der Waals surface area contributed by atoms with Gasteiger partial charge in [-0.3, -0.25) is 9.59 Å². The van der Waals surface area contributed by atoms with Crippen LogP contribution in [-0.4, -0.2) is 11.8 Å². The average Bonchev–Trinajstić information content (AvgIpc) is 2.43. The standard InChI is InChI=1S/C14H9F3N2O2/c15-8-2-1-3-10(6-8)18-13(20)14(21)19-12-7-9(16)4-5-11(12)17/h1-7H,(H,18,20)(H,19,21). The molecular formula is C14H9F3N2O2. The Bertz CT molecular complexity index is 704. The lowest BCUT2D eigenvalue weighted by Gasteiger charge is -2.07. The number of amides is 2. The van der Waals surface area contributed by atoms with Crippen molar-refractivity contribution in [2.24, 2.45) is 0 Å². The summed E-state index contributed by atoms with van der Waals surface area (Å²) in [5.74, 6) is -4.59. The Labute approximate surface area is 117 Å². The molecule has 2 amide bonds. The smallest absolute Gasteiger partial charge is 0.314 e. The van der Waals surface area contributed by atoms with Gasteiger partial charge in [-0.25, -0.2) is 13.2 Å². The fourth-order valence-corrected chi connectivity index (χ4v) is 1.53. The van der Waals surface area contributed by atoms with Crippen molar-refractivity contribution < 1.29 is 22.8 Å². The molecule has 0 radical (unpaired) electrons. The Morgan fingerprint density at radius 1 is 0.810 bits per heavy atom. The van der Waals surface area contributed by atoms with E-state index in [4.69, 9.17) is 0 Å². The molecule has 0 bridgehead atoms. The van der Waals surface area contributed by atoms with Crippen LogP contribution in [0.3, 0.4) is 0 Å². The number of carbonyl (C=O) groups excluding carboxylic acids is 2. The van der Waals surface area contributed by atoms with Crippen molar-refractivity contribution >= 4 is 23.2 Å². The molecule has 2 aromatic carbocycles. The Kier molecular flexibility index (Phi) is 4.22. The highest BCUT2D eigenvalue weighted by molar-refractivity contribution is 6.43. The van der Waals surface area contributed by atoms with Gasteiger partial charge in [-0.2, -0.15) is 0 Å². The van der Waals surface area contributed by atoms with E-state index in [1.807, 2.05) is 5.32 Å². The third-order valence-electron chi connectivity index (χ3n) is 2.47. The molecule has 4 nitrogen and oxygen atoms in total. The summed E-state index contributed by atoms with van der Waals surface area (Å²) in [5.41, 5.74) is -0.399. The predicted octanol–water partition coefficient (Wildman–Crippen LogP) is 2.68. The van der Waals surface area contributed by atoms with Gasteiger partial charge in [0.25, 0.3) is 0 Å². The molecule has 0 atom stereocenters. The lowest BCUT2D eigenvalue weighted by Crippen LogP contribution is -2.29. The minimum Gasteiger partial charge on any atom is -0.318 e. The molecule has 0 fully saturated rings.